The van der Waals surface area contributed by atoms with Gasteiger partial charge in [-0.05, 0) is 38.3 Å². The second-order valence-electron chi connectivity index (χ2n) is 9.55. The first-order chi connectivity index (χ1) is 16.6. The van der Waals surface area contributed by atoms with E-state index in [2.05, 4.69) is 0 Å². The summed E-state index contributed by atoms with van der Waals surface area (Å²) in [6.45, 7) is 3.84. The number of piperidine rings is 1. The molecule has 0 saturated carbocycles. The Kier molecular flexibility index (Phi) is 7.49. The summed E-state index contributed by atoms with van der Waals surface area (Å²) < 4.78 is 45.9. The van der Waals surface area contributed by atoms with Crippen molar-refractivity contribution in [1.82, 2.24) is 9.21 Å². The van der Waals surface area contributed by atoms with Crippen LogP contribution in [0, 0.1) is 11.6 Å². The molecule has 0 aliphatic carbocycles. The highest BCUT2D eigenvalue weighted by Gasteiger charge is 2.45. The number of nitrogens with zero attached hydrogens (tertiary/aromatic N) is 2. The van der Waals surface area contributed by atoms with E-state index >= 15 is 8.78 Å². The molecule has 2 aromatic rings. The topological polar surface area (TPSA) is 89.7 Å². The summed E-state index contributed by atoms with van der Waals surface area (Å²) in [6, 6.07) is 11.7. The number of likely N-dealkylation sites (tertiary alicyclic amines) is 1. The van der Waals surface area contributed by atoms with Crippen molar-refractivity contribution in [2.75, 3.05) is 13.1 Å². The lowest BCUT2D eigenvalue weighted by atomic mass is 9.71. The van der Waals surface area contributed by atoms with Crippen LogP contribution in [0.3, 0.4) is 0 Å². The molecule has 2 heterocycles. The second-order valence-corrected chi connectivity index (χ2v) is 11.1. The van der Waals surface area contributed by atoms with Crippen LogP contribution in [0.1, 0.15) is 61.5 Å². The van der Waals surface area contributed by atoms with Crippen LogP contribution in [0.25, 0.3) is 0 Å². The van der Waals surface area contributed by atoms with E-state index in [0.717, 1.165) is 30.5 Å². The monoisotopic (exact) mass is 503 g/mol. The molecule has 9 heteroatoms. The Morgan fingerprint density at radius 1 is 1.11 bits per heavy atom. The zero-order chi connectivity index (χ0) is 25.3. The lowest BCUT2D eigenvalue weighted by molar-refractivity contribution is -0.134. The molecule has 2 fully saturated rings. The maximum Gasteiger partial charge on any atom is 0.228 e. The predicted octanol–water partition coefficient (Wildman–Crippen LogP) is 3.72. The van der Waals surface area contributed by atoms with E-state index in [0.29, 0.717) is 0 Å². The average molecular weight is 504 g/mol. The fraction of sp³-hybridized carbons (Fsp3) is 0.462. The number of carbonyl (C=O) groups is 2. The summed E-state index contributed by atoms with van der Waals surface area (Å²) in [4.78, 5) is 25.7. The van der Waals surface area contributed by atoms with E-state index < -0.39 is 34.3 Å². The molecule has 2 saturated heterocycles. The first kappa shape index (κ1) is 25.6. The number of benzene rings is 2. The van der Waals surface area contributed by atoms with E-state index in [4.69, 9.17) is 5.73 Å². The normalized spacial score (nSPS) is 24.8. The van der Waals surface area contributed by atoms with Crippen molar-refractivity contribution >= 4 is 23.2 Å². The molecule has 188 valence electrons. The number of carbonyl (C=O) groups excluding carboxylic acids is 2. The van der Waals surface area contributed by atoms with E-state index in [1.54, 1.807) is 9.21 Å². The van der Waals surface area contributed by atoms with Crippen LogP contribution in [0.5, 0.6) is 0 Å². The highest BCUT2D eigenvalue weighted by atomic mass is 32.2. The highest BCUT2D eigenvalue weighted by molar-refractivity contribution is 7.89. The molecule has 0 spiro atoms. The number of hydrogen-bond donors (Lipinski definition) is 1. The summed E-state index contributed by atoms with van der Waals surface area (Å²) in [5.74, 6) is -2.25. The number of rotatable bonds is 5. The molecule has 2 amide bonds. The van der Waals surface area contributed by atoms with Gasteiger partial charge in [-0.15, -0.1) is 4.31 Å². The van der Waals surface area contributed by atoms with Crippen molar-refractivity contribution in [2.24, 2.45) is 5.73 Å². The molecule has 4 rings (SSSR count). The maximum absolute atomic E-state index is 15.4. The molecular weight excluding hydrogens is 472 g/mol. The fourth-order valence-electron chi connectivity index (χ4n) is 5.24. The molecule has 2 aliphatic heterocycles. The van der Waals surface area contributed by atoms with Gasteiger partial charge in [-0.25, -0.2) is 8.78 Å². The van der Waals surface area contributed by atoms with Crippen molar-refractivity contribution in [3.05, 3.63) is 70.8 Å². The van der Waals surface area contributed by atoms with Gasteiger partial charge in [-0.1, -0.05) is 30.3 Å². The molecule has 1 unspecified atom stereocenters. The summed E-state index contributed by atoms with van der Waals surface area (Å²) >= 11 is -1.41. The second kappa shape index (κ2) is 10.2. The van der Waals surface area contributed by atoms with Gasteiger partial charge in [0.15, 0.2) is 5.25 Å². The van der Waals surface area contributed by atoms with E-state index in [9.17, 15) is 14.1 Å². The van der Waals surface area contributed by atoms with Gasteiger partial charge in [0.05, 0.1) is 18.0 Å². The average Bonchev–Trinajstić information content (AvgIpc) is 2.84. The van der Waals surface area contributed by atoms with Gasteiger partial charge in [0.2, 0.25) is 11.8 Å². The summed E-state index contributed by atoms with van der Waals surface area (Å²) in [5, 5.41) is -0.204. The van der Waals surface area contributed by atoms with Gasteiger partial charge in [0, 0.05) is 54.5 Å². The first-order valence-electron chi connectivity index (χ1n) is 11.9. The van der Waals surface area contributed by atoms with Crippen LogP contribution in [0.2, 0.25) is 0 Å². The highest BCUT2D eigenvalue weighted by Crippen LogP contribution is 2.40. The number of halogens is 2. The first-order valence-corrected chi connectivity index (χ1v) is 13.1. The molecule has 0 bridgehead atoms. The maximum atomic E-state index is 15.4. The summed E-state index contributed by atoms with van der Waals surface area (Å²) in [5.41, 5.74) is 5.28. The van der Waals surface area contributed by atoms with Crippen LogP contribution in [-0.4, -0.2) is 44.7 Å². The molecule has 2 aromatic carbocycles. The molecule has 3 atom stereocenters. The Morgan fingerprint density at radius 2 is 1.77 bits per heavy atom. The van der Waals surface area contributed by atoms with Gasteiger partial charge < -0.3 is 15.2 Å². The Morgan fingerprint density at radius 3 is 2.37 bits per heavy atom. The summed E-state index contributed by atoms with van der Waals surface area (Å²) in [6.07, 6.45) is 1.79. The van der Waals surface area contributed by atoms with Crippen LogP contribution in [0.15, 0.2) is 42.5 Å². The fourth-order valence-corrected chi connectivity index (χ4v) is 7.03. The lowest BCUT2D eigenvalue weighted by Gasteiger charge is -2.40. The Balaban J connectivity index is 1.60. The number of amides is 2. The number of nitrogens with two attached hydrogens (primary N) is 1. The predicted molar refractivity (Wildman–Crippen MR) is 130 cm³/mol. The Bertz CT molecular complexity index is 1090. The van der Waals surface area contributed by atoms with Crippen molar-refractivity contribution in [3.63, 3.8) is 0 Å². The molecule has 2 aliphatic rings. The quantitative estimate of drug-likeness (QED) is 0.630. The van der Waals surface area contributed by atoms with Crippen LogP contribution < -0.4 is 5.73 Å². The third-order valence-corrected chi connectivity index (χ3v) is 9.44. The van der Waals surface area contributed by atoms with Crippen molar-refractivity contribution in [1.29, 1.82) is 0 Å². The van der Waals surface area contributed by atoms with Crippen LogP contribution >= 0.6 is 0 Å². The minimum atomic E-state index is -1.41. The van der Waals surface area contributed by atoms with Gasteiger partial charge in [0.1, 0.15) is 11.6 Å². The van der Waals surface area contributed by atoms with Crippen LogP contribution in [-0.2, 0) is 32.9 Å². The van der Waals surface area contributed by atoms with E-state index in [1.165, 1.54) is 6.92 Å². The van der Waals surface area contributed by atoms with Gasteiger partial charge in [0.25, 0.3) is 0 Å². The third kappa shape index (κ3) is 4.94. The minimum absolute atomic E-state index is 0.0121. The molecule has 2 N–H and O–H groups in total. The largest absolute Gasteiger partial charge is 0.597 e. The smallest absolute Gasteiger partial charge is 0.228 e. The molecule has 0 radical (unpaired) electrons. The van der Waals surface area contributed by atoms with Crippen LogP contribution in [0.4, 0.5) is 8.78 Å². The van der Waals surface area contributed by atoms with Gasteiger partial charge >= 0.3 is 0 Å². The number of hydrogen-bond acceptors (Lipinski definition) is 4. The molecule has 0 aromatic heterocycles. The molecule has 35 heavy (non-hydrogen) atoms. The van der Waals surface area contributed by atoms with Gasteiger partial charge in [-0.2, -0.15) is 0 Å². The molecular formula is C26H31F2N3O3S. The molecule has 6 nitrogen and oxygen atoms in total. The zero-order valence-corrected chi connectivity index (χ0v) is 20.8. The van der Waals surface area contributed by atoms with Crippen molar-refractivity contribution in [2.45, 2.75) is 62.8 Å². The van der Waals surface area contributed by atoms with E-state index in [-0.39, 0.29) is 60.8 Å². The zero-order valence-electron chi connectivity index (χ0n) is 20.0. The van der Waals surface area contributed by atoms with Crippen molar-refractivity contribution in [3.8, 4) is 0 Å². The van der Waals surface area contributed by atoms with Gasteiger partial charge in [-0.3, -0.25) is 9.59 Å². The minimum Gasteiger partial charge on any atom is -0.597 e. The van der Waals surface area contributed by atoms with Crippen molar-refractivity contribution < 1.29 is 22.9 Å². The Hall–Kier alpha value is -2.49. The SMILES string of the molecule is CC(=O)N1CCC(C(N)=O)(c2cc(F)c(CN3[C@@H](C)CC[C@H](c4ccccc4)[S+]3[O-])cc2F)CC1. The number of primary amides is 1. The standard InChI is InChI=1S/C26H31F2N3O3S/c1-17-8-9-24(19-6-4-3-5-7-19)35(34)31(17)16-20-14-23(28)21(15-22(20)27)26(25(29)33)10-12-30(13-11-26)18(2)32/h3-7,14-15,17,24H,8-13,16H2,1-2H3,(H2,29,33)/t17-,24+,35?/m0/s1. The summed E-state index contributed by atoms with van der Waals surface area (Å²) in [7, 11) is 0. The van der Waals surface area contributed by atoms with E-state index in [1.807, 2.05) is 37.3 Å². The Labute approximate surface area is 207 Å². The third-order valence-electron chi connectivity index (χ3n) is 7.50. The lowest BCUT2D eigenvalue weighted by Crippen LogP contribution is -2.51.